The summed E-state index contributed by atoms with van der Waals surface area (Å²) in [5.41, 5.74) is -0.372. The molecule has 1 aliphatic rings. The number of aryl methyl sites for hydroxylation is 1. The first kappa shape index (κ1) is 21.2. The number of nitrogens with zero attached hydrogens (tertiary/aromatic N) is 3. The van der Waals surface area contributed by atoms with E-state index in [9.17, 15) is 17.2 Å². The maximum atomic E-state index is 14.6. The van der Waals surface area contributed by atoms with E-state index >= 15 is 0 Å². The standard InChI is InChI=1S/C21H22F2N4O3S/c1-2-30-14-7-9-15(10-8-14)31(28,29)26-19-12-16(17(22)13-18(19)23)21-25-24-20-6-4-3-5-11-27(20)21/h7-10,12-13,26H,2-6,11H2,1H3. The molecule has 1 N–H and O–H groups in total. The molecule has 0 fully saturated rings. The molecule has 10 heteroatoms. The van der Waals surface area contributed by atoms with Crippen LogP contribution in [0.1, 0.15) is 32.0 Å². The second-order valence-corrected chi connectivity index (χ2v) is 8.91. The summed E-state index contributed by atoms with van der Waals surface area (Å²) >= 11 is 0. The molecule has 0 radical (unpaired) electrons. The lowest BCUT2D eigenvalue weighted by Crippen LogP contribution is -2.14. The third kappa shape index (κ3) is 4.39. The lowest BCUT2D eigenvalue weighted by atomic mass is 10.1. The minimum atomic E-state index is -4.10. The molecule has 0 spiro atoms. The van der Waals surface area contributed by atoms with Crippen molar-refractivity contribution in [2.75, 3.05) is 11.3 Å². The molecule has 2 aromatic carbocycles. The van der Waals surface area contributed by atoms with Gasteiger partial charge in [-0.3, -0.25) is 4.72 Å². The number of ether oxygens (including phenoxy) is 1. The fourth-order valence-electron chi connectivity index (χ4n) is 3.57. The number of benzene rings is 2. The predicted octanol–water partition coefficient (Wildman–Crippen LogP) is 4.15. The van der Waals surface area contributed by atoms with E-state index in [0.29, 0.717) is 25.0 Å². The van der Waals surface area contributed by atoms with Crippen LogP contribution in [0.4, 0.5) is 14.5 Å². The van der Waals surface area contributed by atoms with Crippen molar-refractivity contribution in [3.8, 4) is 17.1 Å². The summed E-state index contributed by atoms with van der Waals surface area (Å²) in [5, 5.41) is 8.22. The largest absolute Gasteiger partial charge is 0.494 e. The van der Waals surface area contributed by atoms with Gasteiger partial charge in [-0.2, -0.15) is 0 Å². The van der Waals surface area contributed by atoms with Crippen LogP contribution in [-0.4, -0.2) is 29.8 Å². The van der Waals surface area contributed by atoms with E-state index in [4.69, 9.17) is 4.74 Å². The highest BCUT2D eigenvalue weighted by atomic mass is 32.2. The molecule has 164 valence electrons. The van der Waals surface area contributed by atoms with Crippen LogP contribution in [0, 0.1) is 11.6 Å². The van der Waals surface area contributed by atoms with E-state index in [1.807, 2.05) is 11.5 Å². The first-order chi connectivity index (χ1) is 14.9. The normalized spacial score (nSPS) is 14.0. The Bertz CT molecular complexity index is 1190. The number of rotatable bonds is 6. The maximum absolute atomic E-state index is 14.6. The van der Waals surface area contributed by atoms with Gasteiger partial charge >= 0.3 is 0 Å². The van der Waals surface area contributed by atoms with Gasteiger partial charge in [0.25, 0.3) is 10.0 Å². The second-order valence-electron chi connectivity index (χ2n) is 7.22. The van der Waals surface area contributed by atoms with Crippen LogP contribution in [0.25, 0.3) is 11.4 Å². The Morgan fingerprint density at radius 3 is 2.58 bits per heavy atom. The Kier molecular flexibility index (Phi) is 5.90. The van der Waals surface area contributed by atoms with Crippen molar-refractivity contribution in [2.45, 2.75) is 44.0 Å². The Morgan fingerprint density at radius 2 is 1.84 bits per heavy atom. The number of nitrogens with one attached hydrogen (secondary N) is 1. The van der Waals surface area contributed by atoms with Gasteiger partial charge in [-0.15, -0.1) is 10.2 Å². The van der Waals surface area contributed by atoms with Crippen molar-refractivity contribution in [3.05, 3.63) is 53.9 Å². The fourth-order valence-corrected chi connectivity index (χ4v) is 4.63. The smallest absolute Gasteiger partial charge is 0.261 e. The summed E-state index contributed by atoms with van der Waals surface area (Å²) in [6.07, 6.45) is 3.63. The van der Waals surface area contributed by atoms with Gasteiger partial charge in [0, 0.05) is 19.0 Å². The highest BCUT2D eigenvalue weighted by Crippen LogP contribution is 2.30. The van der Waals surface area contributed by atoms with Crippen molar-refractivity contribution < 1.29 is 21.9 Å². The molecule has 3 aromatic rings. The molecule has 4 rings (SSSR count). The summed E-state index contributed by atoms with van der Waals surface area (Å²) in [6.45, 7) is 2.89. The molecular formula is C21H22F2N4O3S. The summed E-state index contributed by atoms with van der Waals surface area (Å²) in [4.78, 5) is -0.0717. The van der Waals surface area contributed by atoms with Crippen molar-refractivity contribution in [3.63, 3.8) is 0 Å². The van der Waals surface area contributed by atoms with E-state index < -0.39 is 21.7 Å². The highest BCUT2D eigenvalue weighted by molar-refractivity contribution is 7.92. The number of fused-ring (bicyclic) bond motifs is 1. The van der Waals surface area contributed by atoms with Crippen LogP contribution in [-0.2, 0) is 23.0 Å². The topological polar surface area (TPSA) is 86.1 Å². The van der Waals surface area contributed by atoms with Crippen LogP contribution in [0.5, 0.6) is 5.75 Å². The van der Waals surface area contributed by atoms with Gasteiger partial charge < -0.3 is 9.30 Å². The van der Waals surface area contributed by atoms with Crippen LogP contribution in [0.2, 0.25) is 0 Å². The Balaban J connectivity index is 1.68. The second kappa shape index (κ2) is 8.62. The van der Waals surface area contributed by atoms with Crippen LogP contribution >= 0.6 is 0 Å². The molecule has 0 aliphatic carbocycles. The van der Waals surface area contributed by atoms with Crippen molar-refractivity contribution in [1.82, 2.24) is 14.8 Å². The molecule has 0 bridgehead atoms. The van der Waals surface area contributed by atoms with E-state index in [1.54, 1.807) is 0 Å². The minimum Gasteiger partial charge on any atom is -0.494 e. The van der Waals surface area contributed by atoms with Gasteiger partial charge in [0.05, 0.1) is 22.8 Å². The Labute approximate surface area is 179 Å². The van der Waals surface area contributed by atoms with Crippen molar-refractivity contribution in [2.24, 2.45) is 0 Å². The maximum Gasteiger partial charge on any atom is 0.261 e. The highest BCUT2D eigenvalue weighted by Gasteiger charge is 2.23. The number of hydrogen-bond acceptors (Lipinski definition) is 5. The average Bonchev–Trinajstić information content (AvgIpc) is 2.98. The van der Waals surface area contributed by atoms with Gasteiger partial charge in [-0.05, 0) is 50.1 Å². The predicted molar refractivity (Wildman–Crippen MR) is 111 cm³/mol. The van der Waals surface area contributed by atoms with Crippen LogP contribution < -0.4 is 9.46 Å². The van der Waals surface area contributed by atoms with Crippen LogP contribution in [0.15, 0.2) is 41.3 Å². The summed E-state index contributed by atoms with van der Waals surface area (Å²) in [5.74, 6) is -0.333. The molecule has 7 nitrogen and oxygen atoms in total. The quantitative estimate of drug-likeness (QED) is 0.612. The Morgan fingerprint density at radius 1 is 1.06 bits per heavy atom. The number of aromatic nitrogens is 3. The van der Waals surface area contributed by atoms with E-state index in [2.05, 4.69) is 14.9 Å². The Hall–Kier alpha value is -3.01. The monoisotopic (exact) mass is 448 g/mol. The molecule has 0 amide bonds. The number of anilines is 1. The molecular weight excluding hydrogens is 426 g/mol. The van der Waals surface area contributed by atoms with Gasteiger partial charge in [-0.1, -0.05) is 6.42 Å². The van der Waals surface area contributed by atoms with E-state index in [1.165, 1.54) is 24.3 Å². The molecule has 0 saturated heterocycles. The van der Waals surface area contributed by atoms with E-state index in [-0.39, 0.29) is 22.0 Å². The number of halogens is 2. The molecule has 1 aromatic heterocycles. The molecule has 0 atom stereocenters. The summed E-state index contributed by atoms with van der Waals surface area (Å²) < 4.78 is 63.9. The number of hydrogen-bond donors (Lipinski definition) is 1. The van der Waals surface area contributed by atoms with Crippen LogP contribution in [0.3, 0.4) is 0 Å². The molecule has 1 aliphatic heterocycles. The molecule has 31 heavy (non-hydrogen) atoms. The summed E-state index contributed by atoms with van der Waals surface area (Å²) in [6, 6.07) is 7.51. The van der Waals surface area contributed by atoms with Gasteiger partial charge in [0.2, 0.25) is 0 Å². The van der Waals surface area contributed by atoms with E-state index in [0.717, 1.165) is 37.6 Å². The first-order valence-corrected chi connectivity index (χ1v) is 11.5. The lowest BCUT2D eigenvalue weighted by Gasteiger charge is -2.13. The molecule has 0 saturated carbocycles. The van der Waals surface area contributed by atoms with Crippen molar-refractivity contribution >= 4 is 15.7 Å². The average molecular weight is 448 g/mol. The first-order valence-electron chi connectivity index (χ1n) is 10.1. The zero-order valence-corrected chi connectivity index (χ0v) is 17.8. The summed E-state index contributed by atoms with van der Waals surface area (Å²) in [7, 11) is -4.10. The SMILES string of the molecule is CCOc1ccc(S(=O)(=O)Nc2cc(-c3nnc4n3CCCCC4)c(F)cc2F)cc1. The zero-order chi connectivity index (χ0) is 22.0. The minimum absolute atomic E-state index is 0.00792. The lowest BCUT2D eigenvalue weighted by molar-refractivity contribution is 0.340. The molecule has 2 heterocycles. The third-order valence-electron chi connectivity index (χ3n) is 5.10. The van der Waals surface area contributed by atoms with Crippen molar-refractivity contribution in [1.29, 1.82) is 0 Å². The van der Waals surface area contributed by atoms with Gasteiger partial charge in [0.1, 0.15) is 23.2 Å². The zero-order valence-electron chi connectivity index (χ0n) is 16.9. The molecule has 0 unspecified atom stereocenters. The van der Waals surface area contributed by atoms with Gasteiger partial charge in [0.15, 0.2) is 5.82 Å². The van der Waals surface area contributed by atoms with Gasteiger partial charge in [-0.25, -0.2) is 17.2 Å². The third-order valence-corrected chi connectivity index (χ3v) is 6.48. The fraction of sp³-hybridized carbons (Fsp3) is 0.333. The number of sulfonamides is 1.